The predicted octanol–water partition coefficient (Wildman–Crippen LogP) is 1.37. The first kappa shape index (κ1) is 23.9. The summed E-state index contributed by atoms with van der Waals surface area (Å²) in [6.45, 7) is 2.19. The van der Waals surface area contributed by atoms with E-state index >= 15 is 0 Å². The van der Waals surface area contributed by atoms with Gasteiger partial charge in [-0.15, -0.1) is 0 Å². The van der Waals surface area contributed by atoms with Crippen LogP contribution in [0.4, 0.5) is 0 Å². The molecular weight excluding hydrogens is 436 g/mol. The predicted molar refractivity (Wildman–Crippen MR) is 125 cm³/mol. The maximum atomic E-state index is 13.2. The molecule has 0 radical (unpaired) electrons. The minimum atomic E-state index is -1.07. The molecule has 2 aromatic rings. The fourth-order valence-electron chi connectivity index (χ4n) is 4.60. The first-order chi connectivity index (χ1) is 16.5. The lowest BCUT2D eigenvalue weighted by Gasteiger charge is -2.40. The summed E-state index contributed by atoms with van der Waals surface area (Å²) in [5, 5.41) is 23.3. The zero-order valence-electron chi connectivity index (χ0n) is 19.1. The highest BCUT2D eigenvalue weighted by Gasteiger charge is 2.50. The fourth-order valence-corrected chi connectivity index (χ4v) is 4.60. The summed E-state index contributed by atoms with van der Waals surface area (Å²) in [7, 11) is 0. The number of benzene rings is 2. The molecule has 34 heavy (non-hydrogen) atoms. The van der Waals surface area contributed by atoms with Crippen molar-refractivity contribution in [3.05, 3.63) is 77.4 Å². The van der Waals surface area contributed by atoms with Gasteiger partial charge in [-0.1, -0.05) is 48.5 Å². The molecule has 2 aliphatic rings. The minimum Gasteiger partial charge on any atom is -0.486 e. The second-order valence-corrected chi connectivity index (χ2v) is 8.33. The van der Waals surface area contributed by atoms with Crippen LogP contribution in [-0.4, -0.2) is 71.5 Å². The molecule has 1 aliphatic heterocycles. The van der Waals surface area contributed by atoms with Crippen molar-refractivity contribution in [3.8, 4) is 5.75 Å². The van der Waals surface area contributed by atoms with Gasteiger partial charge in [0.05, 0.1) is 18.6 Å². The van der Waals surface area contributed by atoms with Crippen LogP contribution in [0, 0.1) is 0 Å². The van der Waals surface area contributed by atoms with Gasteiger partial charge in [0, 0.05) is 30.8 Å². The molecule has 3 N–H and O–H groups in total. The van der Waals surface area contributed by atoms with Crippen LogP contribution in [-0.2, 0) is 20.9 Å². The zero-order chi connectivity index (χ0) is 24.1. The van der Waals surface area contributed by atoms with Crippen molar-refractivity contribution in [2.75, 3.05) is 26.4 Å². The summed E-state index contributed by atoms with van der Waals surface area (Å²) < 4.78 is 11.5. The van der Waals surface area contributed by atoms with Gasteiger partial charge >= 0.3 is 0 Å². The van der Waals surface area contributed by atoms with Gasteiger partial charge in [-0.05, 0) is 24.6 Å². The first-order valence-electron chi connectivity index (χ1n) is 11.5. The lowest BCUT2D eigenvalue weighted by molar-refractivity contribution is -0.142. The Morgan fingerprint density at radius 1 is 1.12 bits per heavy atom. The Balaban J connectivity index is 1.74. The van der Waals surface area contributed by atoms with Gasteiger partial charge < -0.3 is 29.9 Å². The topological polar surface area (TPSA) is 108 Å². The van der Waals surface area contributed by atoms with E-state index in [-0.39, 0.29) is 38.1 Å². The number of fused-ring (bicyclic) bond motifs is 3. The molecule has 2 aromatic carbocycles. The number of amides is 2. The SMILES string of the molecule is CCOCC(=O)N(Cc1ccccc1)C1C=C(C(=O)NCCO)C2c3ccccc3OC2C1O. The summed E-state index contributed by atoms with van der Waals surface area (Å²) in [5.74, 6) is -0.539. The lowest BCUT2D eigenvalue weighted by Crippen LogP contribution is -2.56. The molecule has 8 nitrogen and oxygen atoms in total. The van der Waals surface area contributed by atoms with Crippen molar-refractivity contribution in [2.45, 2.75) is 37.6 Å². The van der Waals surface area contributed by atoms with Gasteiger partial charge in [-0.3, -0.25) is 9.59 Å². The van der Waals surface area contributed by atoms with Gasteiger partial charge in [-0.2, -0.15) is 0 Å². The fraction of sp³-hybridized carbons (Fsp3) is 0.385. The number of nitrogens with one attached hydrogen (secondary N) is 1. The Labute approximate surface area is 198 Å². The third-order valence-corrected chi connectivity index (χ3v) is 6.18. The number of carbonyl (C=O) groups is 2. The molecule has 0 spiro atoms. The Bertz CT molecular complexity index is 1040. The minimum absolute atomic E-state index is 0.0975. The van der Waals surface area contributed by atoms with E-state index in [4.69, 9.17) is 9.47 Å². The van der Waals surface area contributed by atoms with Crippen molar-refractivity contribution in [3.63, 3.8) is 0 Å². The highest BCUT2D eigenvalue weighted by atomic mass is 16.5. The maximum Gasteiger partial charge on any atom is 0.249 e. The van der Waals surface area contributed by atoms with E-state index in [2.05, 4.69) is 5.32 Å². The van der Waals surface area contributed by atoms with Crippen molar-refractivity contribution >= 4 is 11.8 Å². The van der Waals surface area contributed by atoms with Crippen LogP contribution in [0.5, 0.6) is 5.75 Å². The summed E-state index contributed by atoms with van der Waals surface area (Å²) in [4.78, 5) is 27.9. The lowest BCUT2D eigenvalue weighted by atomic mass is 9.77. The highest BCUT2D eigenvalue weighted by molar-refractivity contribution is 5.96. The molecule has 4 atom stereocenters. The number of rotatable bonds is 9. The number of ether oxygens (including phenoxy) is 2. The molecule has 1 heterocycles. The van der Waals surface area contributed by atoms with Crippen LogP contribution in [0.1, 0.15) is 24.0 Å². The molecule has 0 saturated carbocycles. The van der Waals surface area contributed by atoms with E-state index in [1.54, 1.807) is 12.1 Å². The first-order valence-corrected chi connectivity index (χ1v) is 11.5. The highest BCUT2D eigenvalue weighted by Crippen LogP contribution is 2.47. The number of hydrogen-bond donors (Lipinski definition) is 3. The van der Waals surface area contributed by atoms with Gasteiger partial charge in [0.25, 0.3) is 0 Å². The standard InChI is InChI=1S/C26H30N2O6/c1-2-33-16-22(30)28(15-17-8-4-3-5-9-17)20-14-19(26(32)27-12-13-29)23-18-10-6-7-11-21(18)34-25(23)24(20)31/h3-11,14,20,23-25,29,31H,2,12-13,15-16H2,1H3,(H,27,32). The van der Waals surface area contributed by atoms with Crippen molar-refractivity contribution < 1.29 is 29.3 Å². The van der Waals surface area contributed by atoms with Crippen molar-refractivity contribution in [1.29, 1.82) is 0 Å². The van der Waals surface area contributed by atoms with E-state index in [0.29, 0.717) is 17.9 Å². The maximum absolute atomic E-state index is 13.2. The molecule has 180 valence electrons. The van der Waals surface area contributed by atoms with Crippen LogP contribution in [0.25, 0.3) is 0 Å². The van der Waals surface area contributed by atoms with Gasteiger partial charge in [-0.25, -0.2) is 0 Å². The van der Waals surface area contributed by atoms with E-state index < -0.39 is 24.2 Å². The molecule has 2 amide bonds. The van der Waals surface area contributed by atoms with Gasteiger partial charge in [0.1, 0.15) is 24.6 Å². The van der Waals surface area contributed by atoms with Crippen molar-refractivity contribution in [1.82, 2.24) is 10.2 Å². The Kier molecular flexibility index (Phi) is 7.62. The Morgan fingerprint density at radius 2 is 1.85 bits per heavy atom. The number of aliphatic hydroxyl groups excluding tert-OH is 2. The third-order valence-electron chi connectivity index (χ3n) is 6.18. The van der Waals surface area contributed by atoms with Crippen LogP contribution in [0.2, 0.25) is 0 Å². The molecule has 0 aromatic heterocycles. The average molecular weight is 467 g/mol. The summed E-state index contributed by atoms with van der Waals surface area (Å²) in [6.07, 6.45) is -0.141. The second kappa shape index (κ2) is 10.8. The smallest absolute Gasteiger partial charge is 0.249 e. The summed E-state index contributed by atoms with van der Waals surface area (Å²) in [6, 6.07) is 16.0. The molecule has 8 heteroatoms. The quantitative estimate of drug-likeness (QED) is 0.515. The molecule has 0 saturated heterocycles. The van der Waals surface area contributed by atoms with Crippen LogP contribution in [0.15, 0.2) is 66.2 Å². The molecule has 0 bridgehead atoms. The van der Waals surface area contributed by atoms with Crippen LogP contribution < -0.4 is 10.1 Å². The van der Waals surface area contributed by atoms with Crippen LogP contribution in [0.3, 0.4) is 0 Å². The molecule has 0 fully saturated rings. The van der Waals surface area contributed by atoms with E-state index in [1.165, 1.54) is 4.90 Å². The average Bonchev–Trinajstić information content (AvgIpc) is 3.26. The molecule has 4 rings (SSSR count). The Morgan fingerprint density at radius 3 is 2.59 bits per heavy atom. The number of hydrogen-bond acceptors (Lipinski definition) is 6. The molecular formula is C26H30N2O6. The molecule has 4 unspecified atom stereocenters. The van der Waals surface area contributed by atoms with E-state index in [1.807, 2.05) is 55.5 Å². The number of para-hydroxylation sites is 1. The van der Waals surface area contributed by atoms with E-state index in [9.17, 15) is 19.8 Å². The summed E-state index contributed by atoms with van der Waals surface area (Å²) in [5.41, 5.74) is 2.10. The van der Waals surface area contributed by atoms with Crippen molar-refractivity contribution in [2.24, 2.45) is 0 Å². The Hall–Kier alpha value is -3.20. The monoisotopic (exact) mass is 466 g/mol. The zero-order valence-corrected chi connectivity index (χ0v) is 19.1. The third kappa shape index (κ3) is 4.84. The van der Waals surface area contributed by atoms with Gasteiger partial charge in [0.15, 0.2) is 0 Å². The molecule has 1 aliphatic carbocycles. The number of aliphatic hydroxyl groups is 2. The van der Waals surface area contributed by atoms with Gasteiger partial charge in [0.2, 0.25) is 11.8 Å². The second-order valence-electron chi connectivity index (χ2n) is 8.33. The largest absolute Gasteiger partial charge is 0.486 e. The number of carbonyl (C=O) groups excluding carboxylic acids is 2. The number of nitrogens with zero attached hydrogens (tertiary/aromatic N) is 1. The van der Waals surface area contributed by atoms with E-state index in [0.717, 1.165) is 11.1 Å². The van der Waals surface area contributed by atoms with Crippen LogP contribution >= 0.6 is 0 Å². The normalized spacial score (nSPS) is 22.7. The summed E-state index contributed by atoms with van der Waals surface area (Å²) >= 11 is 0.